The number of rotatable bonds is 3. The Morgan fingerprint density at radius 1 is 1.56 bits per heavy atom. The van der Waals surface area contributed by atoms with E-state index < -0.39 is 5.97 Å². The summed E-state index contributed by atoms with van der Waals surface area (Å²) in [6.45, 7) is 0. The number of esters is 1. The van der Waals surface area contributed by atoms with E-state index in [0.717, 1.165) is 10.6 Å². The molecule has 2 rings (SSSR count). The van der Waals surface area contributed by atoms with Gasteiger partial charge in [0.15, 0.2) is 0 Å². The minimum absolute atomic E-state index is 0.0559. The van der Waals surface area contributed by atoms with Gasteiger partial charge in [-0.15, -0.1) is 11.3 Å². The van der Waals surface area contributed by atoms with Crippen molar-refractivity contribution in [3.05, 3.63) is 33.5 Å². The molecule has 2 aromatic rings. The van der Waals surface area contributed by atoms with E-state index in [-0.39, 0.29) is 5.57 Å². The van der Waals surface area contributed by atoms with Gasteiger partial charge < -0.3 is 4.74 Å². The van der Waals surface area contributed by atoms with Crippen LogP contribution in [-0.4, -0.2) is 18.1 Å². The maximum absolute atomic E-state index is 11.2. The van der Waals surface area contributed by atoms with Crippen LogP contribution in [0.25, 0.3) is 16.6 Å². The molecule has 0 aromatic carbocycles. The molecule has 4 nitrogen and oxygen atoms in total. The number of nitriles is 1. The maximum Gasteiger partial charge on any atom is 0.348 e. The lowest BCUT2D eigenvalue weighted by atomic mass is 10.2. The number of ether oxygens (including phenoxy) is 1. The van der Waals surface area contributed by atoms with E-state index in [1.807, 2.05) is 16.8 Å². The first kappa shape index (κ1) is 12.5. The lowest BCUT2D eigenvalue weighted by Gasteiger charge is -1.94. The number of carbonyl (C=O) groups excluding carboxylic acids is 1. The Balaban J connectivity index is 2.28. The van der Waals surface area contributed by atoms with Crippen molar-refractivity contribution in [3.63, 3.8) is 0 Å². The molecule has 18 heavy (non-hydrogen) atoms. The summed E-state index contributed by atoms with van der Waals surface area (Å²) in [7, 11) is 1.24. The van der Waals surface area contributed by atoms with Crippen LogP contribution in [0.3, 0.4) is 0 Å². The molecule has 90 valence electrons. The topological polar surface area (TPSA) is 63.0 Å². The van der Waals surface area contributed by atoms with Crippen LogP contribution in [-0.2, 0) is 9.53 Å². The van der Waals surface area contributed by atoms with Gasteiger partial charge >= 0.3 is 5.97 Å². The molecule has 2 aromatic heterocycles. The second-order valence-electron chi connectivity index (χ2n) is 3.25. The van der Waals surface area contributed by atoms with Crippen LogP contribution in [0.1, 0.15) is 5.69 Å². The van der Waals surface area contributed by atoms with E-state index in [0.29, 0.717) is 5.69 Å². The summed E-state index contributed by atoms with van der Waals surface area (Å²) in [5.41, 5.74) is 1.57. The zero-order chi connectivity index (χ0) is 13.0. The number of hydrogen-bond donors (Lipinski definition) is 0. The van der Waals surface area contributed by atoms with E-state index in [4.69, 9.17) is 5.26 Å². The molecular weight excluding hydrogens is 268 g/mol. The van der Waals surface area contributed by atoms with Crippen molar-refractivity contribution < 1.29 is 9.53 Å². The SMILES string of the molecule is COC(=O)/C(C#N)=C\c1csc(-c2ccsc2)n1. The van der Waals surface area contributed by atoms with Crippen molar-refractivity contribution in [2.45, 2.75) is 0 Å². The molecule has 0 atom stereocenters. The van der Waals surface area contributed by atoms with Crippen LogP contribution in [0.15, 0.2) is 27.8 Å². The molecule has 0 saturated carbocycles. The number of thiophene rings is 1. The average molecular weight is 276 g/mol. The second kappa shape index (κ2) is 5.58. The zero-order valence-electron chi connectivity index (χ0n) is 9.41. The number of nitrogens with zero attached hydrogens (tertiary/aromatic N) is 2. The molecule has 0 amide bonds. The number of thiazole rings is 1. The van der Waals surface area contributed by atoms with Crippen molar-refractivity contribution in [2.24, 2.45) is 0 Å². The van der Waals surface area contributed by atoms with E-state index >= 15 is 0 Å². The van der Waals surface area contributed by atoms with Crippen LogP contribution >= 0.6 is 22.7 Å². The molecule has 0 N–H and O–H groups in total. The molecule has 0 unspecified atom stereocenters. The van der Waals surface area contributed by atoms with Gasteiger partial charge in [-0.05, 0) is 17.5 Å². The van der Waals surface area contributed by atoms with E-state index in [1.54, 1.807) is 22.8 Å². The molecule has 0 spiro atoms. The van der Waals surface area contributed by atoms with Crippen LogP contribution in [0, 0.1) is 11.3 Å². The molecule has 0 fully saturated rings. The van der Waals surface area contributed by atoms with Gasteiger partial charge in [-0.3, -0.25) is 0 Å². The van der Waals surface area contributed by atoms with Crippen molar-refractivity contribution in [3.8, 4) is 16.6 Å². The van der Waals surface area contributed by atoms with Gasteiger partial charge in [0.25, 0.3) is 0 Å². The standard InChI is InChI=1S/C12H8N2O2S2/c1-16-12(15)9(5-13)4-10-7-18-11(14-10)8-2-3-17-6-8/h2-4,6-7H,1H3/b9-4-. The van der Waals surface area contributed by atoms with Gasteiger partial charge in [0.05, 0.1) is 12.8 Å². The van der Waals surface area contributed by atoms with Gasteiger partial charge in [-0.2, -0.15) is 16.6 Å². The minimum Gasteiger partial charge on any atom is -0.465 e. The van der Waals surface area contributed by atoms with Crippen LogP contribution < -0.4 is 0 Å². The molecular formula is C12H8N2O2S2. The Morgan fingerprint density at radius 3 is 3.00 bits per heavy atom. The second-order valence-corrected chi connectivity index (χ2v) is 4.89. The van der Waals surface area contributed by atoms with Crippen molar-refractivity contribution in [1.82, 2.24) is 4.98 Å². The molecule has 0 saturated heterocycles. The Labute approximate surface area is 112 Å². The smallest absolute Gasteiger partial charge is 0.348 e. The first-order chi connectivity index (χ1) is 8.74. The van der Waals surface area contributed by atoms with Crippen molar-refractivity contribution >= 4 is 34.7 Å². The fourth-order valence-corrected chi connectivity index (χ4v) is 2.76. The van der Waals surface area contributed by atoms with Gasteiger partial charge in [0, 0.05) is 16.3 Å². The van der Waals surface area contributed by atoms with Crippen LogP contribution in [0.2, 0.25) is 0 Å². The van der Waals surface area contributed by atoms with Gasteiger partial charge in [0.1, 0.15) is 16.6 Å². The molecule has 0 aliphatic heterocycles. The Hall–Kier alpha value is -1.97. The predicted octanol–water partition coefficient (Wildman–Crippen LogP) is 2.95. The predicted molar refractivity (Wildman–Crippen MR) is 71.0 cm³/mol. The van der Waals surface area contributed by atoms with E-state index in [2.05, 4.69) is 9.72 Å². The average Bonchev–Trinajstić information content (AvgIpc) is 3.05. The molecule has 0 aliphatic carbocycles. The van der Waals surface area contributed by atoms with Gasteiger partial charge in [0.2, 0.25) is 0 Å². The highest BCUT2D eigenvalue weighted by Crippen LogP contribution is 2.26. The highest BCUT2D eigenvalue weighted by molar-refractivity contribution is 7.14. The van der Waals surface area contributed by atoms with E-state index in [1.165, 1.54) is 24.5 Å². The Bertz CT molecular complexity index is 621. The first-order valence-corrected chi connectivity index (χ1v) is 6.75. The summed E-state index contributed by atoms with van der Waals surface area (Å²) in [5, 5.41) is 15.5. The maximum atomic E-state index is 11.2. The number of aromatic nitrogens is 1. The highest BCUT2D eigenvalue weighted by atomic mass is 32.1. The molecule has 6 heteroatoms. The summed E-state index contributed by atoms with van der Waals surface area (Å²) >= 11 is 3.06. The first-order valence-electron chi connectivity index (χ1n) is 4.93. The van der Waals surface area contributed by atoms with Gasteiger partial charge in [-0.25, -0.2) is 9.78 Å². The molecule has 2 heterocycles. The lowest BCUT2D eigenvalue weighted by Crippen LogP contribution is -2.02. The third-order valence-electron chi connectivity index (χ3n) is 2.11. The quantitative estimate of drug-likeness (QED) is 0.491. The monoisotopic (exact) mass is 276 g/mol. The molecule has 0 bridgehead atoms. The van der Waals surface area contributed by atoms with Crippen molar-refractivity contribution in [1.29, 1.82) is 5.26 Å². The Kier molecular flexibility index (Phi) is 3.87. The van der Waals surface area contributed by atoms with Crippen molar-refractivity contribution in [2.75, 3.05) is 7.11 Å². The fraction of sp³-hybridized carbons (Fsp3) is 0.0833. The summed E-state index contributed by atoms with van der Waals surface area (Å²) in [4.78, 5) is 15.6. The van der Waals surface area contributed by atoms with Crippen LogP contribution in [0.4, 0.5) is 0 Å². The number of carbonyl (C=O) groups is 1. The number of methoxy groups -OCH3 is 1. The molecule has 0 aliphatic rings. The third kappa shape index (κ3) is 2.64. The largest absolute Gasteiger partial charge is 0.465 e. The van der Waals surface area contributed by atoms with Gasteiger partial charge in [-0.1, -0.05) is 0 Å². The number of hydrogen-bond acceptors (Lipinski definition) is 6. The highest BCUT2D eigenvalue weighted by Gasteiger charge is 2.10. The minimum atomic E-state index is -0.650. The summed E-state index contributed by atoms with van der Waals surface area (Å²) in [5.74, 6) is -0.650. The summed E-state index contributed by atoms with van der Waals surface area (Å²) in [6, 6.07) is 3.77. The molecule has 0 radical (unpaired) electrons. The Morgan fingerprint density at radius 2 is 2.39 bits per heavy atom. The lowest BCUT2D eigenvalue weighted by molar-refractivity contribution is -0.135. The summed E-state index contributed by atoms with van der Waals surface area (Å²) < 4.78 is 4.50. The van der Waals surface area contributed by atoms with Crippen LogP contribution in [0.5, 0.6) is 0 Å². The summed E-state index contributed by atoms with van der Waals surface area (Å²) in [6.07, 6.45) is 1.43. The normalized spacial score (nSPS) is 11.0. The fourth-order valence-electron chi connectivity index (χ4n) is 1.27. The third-order valence-corrected chi connectivity index (χ3v) is 3.70. The van der Waals surface area contributed by atoms with E-state index in [9.17, 15) is 4.79 Å². The zero-order valence-corrected chi connectivity index (χ0v) is 11.0.